The third kappa shape index (κ3) is 1.59. The molecule has 0 aliphatic carbocycles. The molecule has 2 heterocycles. The summed E-state index contributed by atoms with van der Waals surface area (Å²) in [5.74, 6) is 0.780. The summed E-state index contributed by atoms with van der Waals surface area (Å²) in [5, 5.41) is 16.6. The predicted molar refractivity (Wildman–Crippen MR) is 49.4 cm³/mol. The molecule has 2 N–H and O–H groups in total. The Morgan fingerprint density at radius 1 is 1.69 bits per heavy atom. The van der Waals surface area contributed by atoms with E-state index in [0.717, 1.165) is 13.1 Å². The van der Waals surface area contributed by atoms with Gasteiger partial charge in [-0.1, -0.05) is 0 Å². The SMILES string of the molecule is Cn1cc([C@H]2CNC[C@H]2CO)cn1. The highest BCUT2D eigenvalue weighted by Gasteiger charge is 2.28. The molecule has 1 aliphatic rings. The first kappa shape index (κ1) is 8.72. The van der Waals surface area contributed by atoms with Crippen LogP contribution in [-0.4, -0.2) is 34.6 Å². The molecule has 4 nitrogen and oxygen atoms in total. The molecule has 0 spiro atoms. The lowest BCUT2D eigenvalue weighted by Crippen LogP contribution is -2.14. The summed E-state index contributed by atoms with van der Waals surface area (Å²) in [6, 6.07) is 0. The normalized spacial score (nSPS) is 28.2. The molecule has 13 heavy (non-hydrogen) atoms. The third-order valence-electron chi connectivity index (χ3n) is 2.73. The number of aliphatic hydroxyl groups is 1. The minimum atomic E-state index is 0.257. The molecular weight excluding hydrogens is 166 g/mol. The Morgan fingerprint density at radius 3 is 3.15 bits per heavy atom. The molecule has 0 unspecified atom stereocenters. The Kier molecular flexibility index (Phi) is 2.33. The predicted octanol–water partition coefficient (Wildman–Crippen LogP) is -0.285. The largest absolute Gasteiger partial charge is 0.396 e. The second kappa shape index (κ2) is 3.47. The van der Waals surface area contributed by atoms with Crippen molar-refractivity contribution >= 4 is 0 Å². The summed E-state index contributed by atoms with van der Waals surface area (Å²) < 4.78 is 1.81. The third-order valence-corrected chi connectivity index (χ3v) is 2.73. The molecule has 0 aromatic carbocycles. The van der Waals surface area contributed by atoms with Crippen LogP contribution in [0.3, 0.4) is 0 Å². The fourth-order valence-electron chi connectivity index (χ4n) is 1.95. The van der Waals surface area contributed by atoms with Gasteiger partial charge in [0.1, 0.15) is 0 Å². The summed E-state index contributed by atoms with van der Waals surface area (Å²) in [5.41, 5.74) is 1.23. The highest BCUT2D eigenvalue weighted by molar-refractivity contribution is 5.15. The second-order valence-electron chi connectivity index (χ2n) is 3.65. The Bertz CT molecular complexity index is 284. The van der Waals surface area contributed by atoms with Gasteiger partial charge in [0.15, 0.2) is 0 Å². The minimum Gasteiger partial charge on any atom is -0.396 e. The van der Waals surface area contributed by atoms with Gasteiger partial charge in [-0.25, -0.2) is 0 Å². The maximum absolute atomic E-state index is 9.14. The van der Waals surface area contributed by atoms with Gasteiger partial charge in [-0.05, 0) is 5.56 Å². The average Bonchev–Trinajstić information content (AvgIpc) is 2.71. The molecule has 0 amide bonds. The van der Waals surface area contributed by atoms with Gasteiger partial charge in [-0.15, -0.1) is 0 Å². The number of nitrogens with one attached hydrogen (secondary N) is 1. The standard InChI is InChI=1S/C9H15N3O/c1-12-5-7(3-11-12)9-4-10-2-8(9)6-13/h3,5,8-10,13H,2,4,6H2,1H3/t8-,9+/m0/s1. The zero-order valence-corrected chi connectivity index (χ0v) is 7.77. The molecule has 0 bridgehead atoms. The van der Waals surface area contributed by atoms with E-state index in [-0.39, 0.29) is 6.61 Å². The van der Waals surface area contributed by atoms with Crippen LogP contribution in [0.25, 0.3) is 0 Å². The van der Waals surface area contributed by atoms with Crippen LogP contribution >= 0.6 is 0 Å². The van der Waals surface area contributed by atoms with Crippen molar-refractivity contribution in [2.45, 2.75) is 5.92 Å². The van der Waals surface area contributed by atoms with Crippen molar-refractivity contribution in [3.05, 3.63) is 18.0 Å². The average molecular weight is 181 g/mol. The van der Waals surface area contributed by atoms with Gasteiger partial charge < -0.3 is 10.4 Å². The molecule has 4 heteroatoms. The van der Waals surface area contributed by atoms with Gasteiger partial charge in [0.25, 0.3) is 0 Å². The van der Waals surface area contributed by atoms with Crippen LogP contribution in [-0.2, 0) is 7.05 Å². The van der Waals surface area contributed by atoms with Crippen LogP contribution < -0.4 is 5.32 Å². The molecule has 1 aliphatic heterocycles. The van der Waals surface area contributed by atoms with Gasteiger partial charge in [0, 0.05) is 44.8 Å². The molecular formula is C9H15N3O. The molecule has 72 valence electrons. The van der Waals surface area contributed by atoms with Crippen molar-refractivity contribution in [3.8, 4) is 0 Å². The van der Waals surface area contributed by atoms with Crippen LogP contribution in [0.1, 0.15) is 11.5 Å². The lowest BCUT2D eigenvalue weighted by Gasteiger charge is -2.13. The van der Waals surface area contributed by atoms with Crippen LogP contribution in [0.15, 0.2) is 12.4 Å². The molecule has 0 saturated carbocycles. The maximum atomic E-state index is 9.14. The first-order valence-electron chi connectivity index (χ1n) is 4.61. The first-order valence-corrected chi connectivity index (χ1v) is 4.61. The molecule has 1 aromatic rings. The number of hydrogen-bond acceptors (Lipinski definition) is 3. The number of aromatic nitrogens is 2. The Balaban J connectivity index is 2.15. The fourth-order valence-corrected chi connectivity index (χ4v) is 1.95. The van der Waals surface area contributed by atoms with Crippen molar-refractivity contribution in [2.24, 2.45) is 13.0 Å². The van der Waals surface area contributed by atoms with Crippen LogP contribution in [0.5, 0.6) is 0 Å². The molecule has 1 aromatic heterocycles. The first-order chi connectivity index (χ1) is 6.31. The van der Waals surface area contributed by atoms with E-state index in [1.807, 2.05) is 24.1 Å². The fraction of sp³-hybridized carbons (Fsp3) is 0.667. The summed E-state index contributed by atoms with van der Waals surface area (Å²) in [4.78, 5) is 0. The van der Waals surface area contributed by atoms with Gasteiger partial charge in [-0.3, -0.25) is 4.68 Å². The molecule has 0 radical (unpaired) electrons. The zero-order chi connectivity index (χ0) is 9.26. The molecule has 2 atom stereocenters. The van der Waals surface area contributed by atoms with E-state index >= 15 is 0 Å². The maximum Gasteiger partial charge on any atom is 0.0525 e. The highest BCUT2D eigenvalue weighted by Crippen LogP contribution is 2.26. The Hall–Kier alpha value is -0.870. The zero-order valence-electron chi connectivity index (χ0n) is 7.77. The Labute approximate surface area is 77.6 Å². The number of aliphatic hydroxyl groups excluding tert-OH is 1. The van der Waals surface area contributed by atoms with E-state index in [0.29, 0.717) is 11.8 Å². The van der Waals surface area contributed by atoms with Crippen LogP contribution in [0.4, 0.5) is 0 Å². The lowest BCUT2D eigenvalue weighted by molar-refractivity contribution is 0.226. The summed E-state index contributed by atoms with van der Waals surface area (Å²) in [6.07, 6.45) is 3.92. The van der Waals surface area contributed by atoms with Crippen molar-refractivity contribution in [2.75, 3.05) is 19.7 Å². The monoisotopic (exact) mass is 181 g/mol. The minimum absolute atomic E-state index is 0.257. The number of aryl methyl sites for hydroxylation is 1. The van der Waals surface area contributed by atoms with Gasteiger partial charge in [-0.2, -0.15) is 5.10 Å². The summed E-state index contributed by atoms with van der Waals surface area (Å²) in [7, 11) is 1.92. The number of rotatable bonds is 2. The highest BCUT2D eigenvalue weighted by atomic mass is 16.3. The van der Waals surface area contributed by atoms with Crippen molar-refractivity contribution in [1.82, 2.24) is 15.1 Å². The van der Waals surface area contributed by atoms with Crippen molar-refractivity contribution < 1.29 is 5.11 Å². The number of hydrogen-bond donors (Lipinski definition) is 2. The topological polar surface area (TPSA) is 50.1 Å². The smallest absolute Gasteiger partial charge is 0.0525 e. The van der Waals surface area contributed by atoms with Gasteiger partial charge in [0.05, 0.1) is 6.20 Å². The number of nitrogens with zero attached hydrogens (tertiary/aromatic N) is 2. The Morgan fingerprint density at radius 2 is 2.54 bits per heavy atom. The summed E-state index contributed by atoms with van der Waals surface area (Å²) >= 11 is 0. The van der Waals surface area contributed by atoms with Crippen LogP contribution in [0, 0.1) is 5.92 Å². The van der Waals surface area contributed by atoms with E-state index in [1.165, 1.54) is 5.56 Å². The van der Waals surface area contributed by atoms with Gasteiger partial charge >= 0.3 is 0 Å². The lowest BCUT2D eigenvalue weighted by atomic mass is 9.92. The van der Waals surface area contributed by atoms with E-state index in [2.05, 4.69) is 10.4 Å². The molecule has 1 saturated heterocycles. The van der Waals surface area contributed by atoms with E-state index < -0.39 is 0 Å². The van der Waals surface area contributed by atoms with E-state index in [1.54, 1.807) is 0 Å². The molecule has 1 fully saturated rings. The second-order valence-corrected chi connectivity index (χ2v) is 3.65. The molecule has 2 rings (SSSR count). The van der Waals surface area contributed by atoms with Gasteiger partial charge in [0.2, 0.25) is 0 Å². The van der Waals surface area contributed by atoms with Crippen LogP contribution in [0.2, 0.25) is 0 Å². The van der Waals surface area contributed by atoms with E-state index in [4.69, 9.17) is 5.11 Å². The van der Waals surface area contributed by atoms with Crippen molar-refractivity contribution in [3.63, 3.8) is 0 Å². The van der Waals surface area contributed by atoms with E-state index in [9.17, 15) is 0 Å². The summed E-state index contributed by atoms with van der Waals surface area (Å²) in [6.45, 7) is 2.12. The van der Waals surface area contributed by atoms with Crippen molar-refractivity contribution in [1.29, 1.82) is 0 Å². The quantitative estimate of drug-likeness (QED) is 0.659.